The number of amides is 2. The third-order valence-electron chi connectivity index (χ3n) is 5.59. The van der Waals surface area contributed by atoms with Gasteiger partial charge in [-0.25, -0.2) is 0 Å². The van der Waals surface area contributed by atoms with Gasteiger partial charge in [-0.05, 0) is 55.4 Å². The zero-order valence-electron chi connectivity index (χ0n) is 14.8. The molecule has 1 aromatic carbocycles. The van der Waals surface area contributed by atoms with Gasteiger partial charge in [-0.3, -0.25) is 9.59 Å². The Kier molecular flexibility index (Phi) is 4.40. The van der Waals surface area contributed by atoms with Gasteiger partial charge in [0.2, 0.25) is 5.91 Å². The Hall–Kier alpha value is -2.04. The molecule has 0 radical (unpaired) electrons. The Morgan fingerprint density at radius 2 is 1.64 bits per heavy atom. The first kappa shape index (κ1) is 16.4. The van der Waals surface area contributed by atoms with E-state index in [0.29, 0.717) is 37.7 Å². The molecule has 0 spiro atoms. The van der Waals surface area contributed by atoms with Gasteiger partial charge in [0.1, 0.15) is 5.75 Å². The van der Waals surface area contributed by atoms with Gasteiger partial charge in [-0.1, -0.05) is 6.92 Å². The molecule has 5 nitrogen and oxygen atoms in total. The van der Waals surface area contributed by atoms with Gasteiger partial charge in [0.05, 0.1) is 6.61 Å². The number of rotatable bonds is 5. The highest BCUT2D eigenvalue weighted by Crippen LogP contribution is 2.39. The van der Waals surface area contributed by atoms with Crippen LogP contribution in [-0.4, -0.2) is 54.4 Å². The molecule has 3 fully saturated rings. The van der Waals surface area contributed by atoms with Crippen molar-refractivity contribution in [1.82, 2.24) is 9.80 Å². The Bertz CT molecular complexity index is 645. The summed E-state index contributed by atoms with van der Waals surface area (Å²) >= 11 is 0. The summed E-state index contributed by atoms with van der Waals surface area (Å²) in [4.78, 5) is 28.7. The van der Waals surface area contributed by atoms with E-state index in [0.717, 1.165) is 24.7 Å². The predicted octanol–water partition coefficient (Wildman–Crippen LogP) is 2.42. The smallest absolute Gasteiger partial charge is 0.253 e. The minimum absolute atomic E-state index is 0.0423. The van der Waals surface area contributed by atoms with Crippen molar-refractivity contribution in [1.29, 1.82) is 0 Å². The molecule has 1 heterocycles. The summed E-state index contributed by atoms with van der Waals surface area (Å²) in [5.74, 6) is 2.63. The Labute approximate surface area is 148 Å². The minimum Gasteiger partial charge on any atom is -0.493 e. The molecule has 0 aromatic heterocycles. The fourth-order valence-electron chi connectivity index (χ4n) is 3.41. The maximum atomic E-state index is 12.6. The molecule has 5 heteroatoms. The van der Waals surface area contributed by atoms with Gasteiger partial charge in [0, 0.05) is 37.7 Å². The van der Waals surface area contributed by atoms with Gasteiger partial charge in [0.25, 0.3) is 5.91 Å². The highest BCUT2D eigenvalue weighted by molar-refractivity contribution is 5.94. The van der Waals surface area contributed by atoms with E-state index in [9.17, 15) is 9.59 Å². The number of benzene rings is 1. The van der Waals surface area contributed by atoms with E-state index >= 15 is 0 Å². The van der Waals surface area contributed by atoms with Crippen molar-refractivity contribution < 1.29 is 14.3 Å². The fraction of sp³-hybridized carbons (Fsp3) is 0.600. The summed E-state index contributed by atoms with van der Waals surface area (Å²) < 4.78 is 5.72. The first-order chi connectivity index (χ1) is 12.1. The van der Waals surface area contributed by atoms with Crippen LogP contribution in [0.2, 0.25) is 0 Å². The van der Waals surface area contributed by atoms with Crippen molar-refractivity contribution in [3.63, 3.8) is 0 Å². The van der Waals surface area contributed by atoms with E-state index < -0.39 is 0 Å². The molecule has 2 saturated carbocycles. The second kappa shape index (κ2) is 6.70. The van der Waals surface area contributed by atoms with Gasteiger partial charge < -0.3 is 14.5 Å². The molecular weight excluding hydrogens is 316 g/mol. The average molecular weight is 342 g/mol. The van der Waals surface area contributed by atoms with E-state index in [1.807, 2.05) is 34.1 Å². The van der Waals surface area contributed by atoms with Crippen molar-refractivity contribution in [3.8, 4) is 5.75 Å². The van der Waals surface area contributed by atoms with Gasteiger partial charge in [0.15, 0.2) is 0 Å². The lowest BCUT2D eigenvalue weighted by Gasteiger charge is -2.35. The van der Waals surface area contributed by atoms with Crippen LogP contribution < -0.4 is 4.74 Å². The quantitative estimate of drug-likeness (QED) is 0.826. The molecule has 4 rings (SSSR count). The standard InChI is InChI=1S/C20H26N2O3/c1-14-12-18(14)20(24)22-10-8-21(9-11-22)19(23)16-4-6-17(7-5-16)25-13-15-2-3-15/h4-7,14-15,18H,2-3,8-13H2,1H3/t14-,18-/m1/s1. The number of carbonyl (C=O) groups is 2. The fourth-order valence-corrected chi connectivity index (χ4v) is 3.41. The first-order valence-electron chi connectivity index (χ1n) is 9.43. The van der Waals surface area contributed by atoms with Crippen LogP contribution in [0, 0.1) is 17.8 Å². The largest absolute Gasteiger partial charge is 0.493 e. The maximum absolute atomic E-state index is 12.6. The molecule has 0 N–H and O–H groups in total. The summed E-state index contributed by atoms with van der Waals surface area (Å²) in [6.07, 6.45) is 3.56. The summed E-state index contributed by atoms with van der Waals surface area (Å²) in [5.41, 5.74) is 0.689. The molecule has 2 aliphatic carbocycles. The third-order valence-corrected chi connectivity index (χ3v) is 5.59. The molecule has 1 aliphatic heterocycles. The Morgan fingerprint density at radius 1 is 1.04 bits per heavy atom. The molecule has 2 atom stereocenters. The van der Waals surface area contributed by atoms with Crippen LogP contribution in [0.4, 0.5) is 0 Å². The minimum atomic E-state index is 0.0423. The van der Waals surface area contributed by atoms with Crippen LogP contribution in [-0.2, 0) is 4.79 Å². The molecular formula is C20H26N2O3. The van der Waals surface area contributed by atoms with Gasteiger partial charge >= 0.3 is 0 Å². The van der Waals surface area contributed by atoms with Crippen molar-refractivity contribution in [2.45, 2.75) is 26.2 Å². The second-order valence-electron chi connectivity index (χ2n) is 7.72. The molecule has 3 aliphatic rings. The third kappa shape index (κ3) is 3.80. The molecule has 0 bridgehead atoms. The van der Waals surface area contributed by atoms with E-state index in [2.05, 4.69) is 6.92 Å². The van der Waals surface area contributed by atoms with Crippen LogP contribution in [0.25, 0.3) is 0 Å². The SMILES string of the molecule is C[C@@H]1C[C@H]1C(=O)N1CCN(C(=O)c2ccc(OCC3CC3)cc2)CC1. The number of carbonyl (C=O) groups excluding carboxylic acids is 2. The molecule has 134 valence electrons. The van der Waals surface area contributed by atoms with Gasteiger partial charge in [-0.15, -0.1) is 0 Å². The van der Waals surface area contributed by atoms with E-state index in [1.54, 1.807) is 0 Å². The molecule has 1 saturated heterocycles. The summed E-state index contributed by atoms with van der Waals surface area (Å²) in [5, 5.41) is 0. The summed E-state index contributed by atoms with van der Waals surface area (Å²) in [6, 6.07) is 7.44. The number of nitrogens with zero attached hydrogens (tertiary/aromatic N) is 2. The second-order valence-corrected chi connectivity index (χ2v) is 7.72. The molecule has 25 heavy (non-hydrogen) atoms. The van der Waals surface area contributed by atoms with Crippen molar-refractivity contribution in [3.05, 3.63) is 29.8 Å². The lowest BCUT2D eigenvalue weighted by Crippen LogP contribution is -2.51. The van der Waals surface area contributed by atoms with Gasteiger partial charge in [-0.2, -0.15) is 0 Å². The first-order valence-corrected chi connectivity index (χ1v) is 9.43. The normalized spacial score (nSPS) is 25.6. The monoisotopic (exact) mass is 342 g/mol. The van der Waals surface area contributed by atoms with Crippen LogP contribution in [0.1, 0.15) is 36.5 Å². The van der Waals surface area contributed by atoms with Crippen LogP contribution in [0.3, 0.4) is 0 Å². The summed E-state index contributed by atoms with van der Waals surface area (Å²) in [6.45, 7) is 5.44. The maximum Gasteiger partial charge on any atom is 0.253 e. The van der Waals surface area contributed by atoms with Crippen molar-refractivity contribution in [2.75, 3.05) is 32.8 Å². The van der Waals surface area contributed by atoms with Crippen LogP contribution in [0.5, 0.6) is 5.75 Å². The Balaban J connectivity index is 1.28. The number of piperazine rings is 1. The van der Waals surface area contributed by atoms with Crippen molar-refractivity contribution in [2.24, 2.45) is 17.8 Å². The topological polar surface area (TPSA) is 49.9 Å². The van der Waals surface area contributed by atoms with Crippen LogP contribution in [0.15, 0.2) is 24.3 Å². The molecule has 1 aromatic rings. The molecule has 2 amide bonds. The summed E-state index contributed by atoms with van der Waals surface area (Å²) in [7, 11) is 0. The molecule has 0 unspecified atom stereocenters. The number of ether oxygens (including phenoxy) is 1. The van der Waals surface area contributed by atoms with Crippen LogP contribution >= 0.6 is 0 Å². The zero-order chi connectivity index (χ0) is 17.4. The van der Waals surface area contributed by atoms with E-state index in [1.165, 1.54) is 12.8 Å². The highest BCUT2D eigenvalue weighted by Gasteiger charge is 2.42. The number of hydrogen-bond donors (Lipinski definition) is 0. The zero-order valence-corrected chi connectivity index (χ0v) is 14.8. The average Bonchev–Trinajstić information content (AvgIpc) is 3.57. The lowest BCUT2D eigenvalue weighted by atomic mass is 10.1. The highest BCUT2D eigenvalue weighted by atomic mass is 16.5. The lowest BCUT2D eigenvalue weighted by molar-refractivity contribution is -0.134. The van der Waals surface area contributed by atoms with Crippen molar-refractivity contribution >= 4 is 11.8 Å². The van der Waals surface area contributed by atoms with E-state index in [4.69, 9.17) is 4.74 Å². The Morgan fingerprint density at radius 3 is 2.20 bits per heavy atom. The number of hydrogen-bond acceptors (Lipinski definition) is 3. The predicted molar refractivity (Wildman–Crippen MR) is 94.4 cm³/mol. The van der Waals surface area contributed by atoms with E-state index in [-0.39, 0.29) is 17.7 Å².